The molecule has 2 aromatic carbocycles. The van der Waals surface area contributed by atoms with Gasteiger partial charge in [0, 0.05) is 45.2 Å². The summed E-state index contributed by atoms with van der Waals surface area (Å²) in [6.45, 7) is 5.92. The minimum Gasteiger partial charge on any atom is -0.496 e. The van der Waals surface area contributed by atoms with Crippen molar-refractivity contribution in [3.05, 3.63) is 53.6 Å². The van der Waals surface area contributed by atoms with E-state index in [0.717, 1.165) is 18.7 Å². The molecule has 4 heteroatoms. The molecule has 3 aliphatic rings. The van der Waals surface area contributed by atoms with E-state index in [9.17, 15) is 0 Å². The Balaban J connectivity index is 1.26. The monoisotopic (exact) mass is 377 g/mol. The van der Waals surface area contributed by atoms with Gasteiger partial charge in [-0.15, -0.1) is 0 Å². The number of likely N-dealkylation sites (tertiary alicyclic amines) is 1. The maximum absolute atomic E-state index is 5.51. The van der Waals surface area contributed by atoms with Crippen LogP contribution in [0, 0.1) is 0 Å². The smallest absolute Gasteiger partial charge is 0.122 e. The standard InChI is InChI=1S/C24H31N3O/c1-25-15-16-27-21-12-14-26(13-6-8-18-7-3-4-11-23(18)28-2)17-20(21)19-9-5-10-22(25)24(19)27/h3-5,7,9-11,20-21H,6,8,12-17H2,1-2H3/t20-,21-/m0/s1. The summed E-state index contributed by atoms with van der Waals surface area (Å²) in [5.74, 6) is 1.69. The van der Waals surface area contributed by atoms with Crippen molar-refractivity contribution in [3.63, 3.8) is 0 Å². The van der Waals surface area contributed by atoms with Gasteiger partial charge in [-0.3, -0.25) is 0 Å². The lowest BCUT2D eigenvalue weighted by molar-refractivity contribution is 0.191. The summed E-state index contributed by atoms with van der Waals surface area (Å²) >= 11 is 0. The summed E-state index contributed by atoms with van der Waals surface area (Å²) in [5, 5.41) is 0. The predicted octanol–water partition coefficient (Wildman–Crippen LogP) is 3.76. The van der Waals surface area contributed by atoms with Crippen molar-refractivity contribution < 1.29 is 4.74 Å². The third-order valence-electron chi connectivity index (χ3n) is 6.99. The highest BCUT2D eigenvalue weighted by Crippen LogP contribution is 2.50. The molecular formula is C24H31N3O. The highest BCUT2D eigenvalue weighted by molar-refractivity contribution is 5.80. The van der Waals surface area contributed by atoms with E-state index >= 15 is 0 Å². The fourth-order valence-corrected chi connectivity index (χ4v) is 5.58. The Kier molecular flexibility index (Phi) is 4.67. The van der Waals surface area contributed by atoms with Crippen molar-refractivity contribution in [2.45, 2.75) is 31.2 Å². The van der Waals surface area contributed by atoms with Gasteiger partial charge in [0.05, 0.1) is 18.5 Å². The quantitative estimate of drug-likeness (QED) is 0.790. The van der Waals surface area contributed by atoms with Gasteiger partial charge in [0.1, 0.15) is 5.75 Å². The highest BCUT2D eigenvalue weighted by Gasteiger charge is 2.44. The molecule has 0 amide bonds. The maximum atomic E-state index is 5.51. The number of fused-ring (bicyclic) bond motifs is 3. The molecule has 0 N–H and O–H groups in total. The summed E-state index contributed by atoms with van der Waals surface area (Å²) in [6, 6.07) is 16.1. The van der Waals surface area contributed by atoms with Crippen LogP contribution in [0.2, 0.25) is 0 Å². The minimum absolute atomic E-state index is 0.668. The Morgan fingerprint density at radius 3 is 2.82 bits per heavy atom. The lowest BCUT2D eigenvalue weighted by Crippen LogP contribution is -2.49. The van der Waals surface area contributed by atoms with Crippen LogP contribution in [0.4, 0.5) is 11.4 Å². The van der Waals surface area contributed by atoms with E-state index in [-0.39, 0.29) is 0 Å². The summed E-state index contributed by atoms with van der Waals surface area (Å²) < 4.78 is 5.51. The number of hydrogen-bond acceptors (Lipinski definition) is 4. The summed E-state index contributed by atoms with van der Waals surface area (Å²) in [6.07, 6.45) is 3.57. The van der Waals surface area contributed by atoms with Gasteiger partial charge < -0.3 is 19.4 Å². The molecule has 0 spiro atoms. The number of methoxy groups -OCH3 is 1. The maximum Gasteiger partial charge on any atom is 0.122 e. The molecule has 0 aliphatic carbocycles. The second-order valence-electron chi connectivity index (χ2n) is 8.51. The third-order valence-corrected chi connectivity index (χ3v) is 6.99. The zero-order chi connectivity index (χ0) is 19.1. The van der Waals surface area contributed by atoms with E-state index in [1.165, 1.54) is 56.0 Å². The third kappa shape index (κ3) is 2.95. The number of piperidine rings is 1. The van der Waals surface area contributed by atoms with Gasteiger partial charge in [0.2, 0.25) is 0 Å². The van der Waals surface area contributed by atoms with Crippen molar-refractivity contribution in [3.8, 4) is 5.75 Å². The molecule has 28 heavy (non-hydrogen) atoms. The van der Waals surface area contributed by atoms with Crippen LogP contribution < -0.4 is 14.5 Å². The summed E-state index contributed by atoms with van der Waals surface area (Å²) in [7, 11) is 4.00. The number of rotatable bonds is 5. The van der Waals surface area contributed by atoms with Crippen molar-refractivity contribution in [1.82, 2.24) is 4.90 Å². The Hall–Kier alpha value is -2.20. The van der Waals surface area contributed by atoms with Crippen LogP contribution in [0.25, 0.3) is 0 Å². The second kappa shape index (κ2) is 7.32. The van der Waals surface area contributed by atoms with E-state index in [4.69, 9.17) is 4.74 Å². The fraction of sp³-hybridized carbons (Fsp3) is 0.500. The molecule has 1 fully saturated rings. The highest BCUT2D eigenvalue weighted by atomic mass is 16.5. The molecule has 1 saturated heterocycles. The van der Waals surface area contributed by atoms with E-state index in [1.807, 2.05) is 0 Å². The Labute approximate surface area is 168 Å². The van der Waals surface area contributed by atoms with E-state index in [2.05, 4.69) is 64.2 Å². The van der Waals surface area contributed by atoms with Crippen molar-refractivity contribution in [1.29, 1.82) is 0 Å². The number of anilines is 2. The van der Waals surface area contributed by atoms with Gasteiger partial charge in [-0.25, -0.2) is 0 Å². The van der Waals surface area contributed by atoms with Crippen LogP contribution in [0.1, 0.15) is 29.9 Å². The topological polar surface area (TPSA) is 19.0 Å². The number of likely N-dealkylation sites (N-methyl/N-ethyl adjacent to an activating group) is 1. The van der Waals surface area contributed by atoms with Gasteiger partial charge in [-0.1, -0.05) is 30.3 Å². The summed E-state index contributed by atoms with van der Waals surface area (Å²) in [5.41, 5.74) is 5.88. The average Bonchev–Trinajstić information content (AvgIpc) is 3.05. The number of nitrogens with zero attached hydrogens (tertiary/aromatic N) is 3. The van der Waals surface area contributed by atoms with Crippen LogP contribution in [0.15, 0.2) is 42.5 Å². The molecule has 5 rings (SSSR count). The molecule has 4 nitrogen and oxygen atoms in total. The van der Waals surface area contributed by atoms with Crippen molar-refractivity contribution in [2.75, 3.05) is 56.7 Å². The molecule has 3 heterocycles. The van der Waals surface area contributed by atoms with E-state index in [1.54, 1.807) is 12.7 Å². The molecular weight excluding hydrogens is 346 g/mol. The molecule has 0 unspecified atom stereocenters. The zero-order valence-corrected chi connectivity index (χ0v) is 17.1. The number of aryl methyl sites for hydroxylation is 1. The molecule has 3 aliphatic heterocycles. The molecule has 0 aromatic heterocycles. The lowest BCUT2D eigenvalue weighted by atomic mass is 9.89. The van der Waals surface area contributed by atoms with Crippen molar-refractivity contribution in [2.24, 2.45) is 0 Å². The summed E-state index contributed by atoms with van der Waals surface area (Å²) in [4.78, 5) is 7.84. The van der Waals surface area contributed by atoms with Crippen LogP contribution in [0.5, 0.6) is 5.75 Å². The molecule has 0 radical (unpaired) electrons. The van der Waals surface area contributed by atoms with Gasteiger partial charge >= 0.3 is 0 Å². The number of benzene rings is 2. The first-order chi connectivity index (χ1) is 13.8. The number of hydrogen-bond donors (Lipinski definition) is 0. The average molecular weight is 378 g/mol. The van der Waals surface area contributed by atoms with Crippen LogP contribution in [-0.4, -0.2) is 57.8 Å². The second-order valence-corrected chi connectivity index (χ2v) is 8.51. The van der Waals surface area contributed by atoms with Gasteiger partial charge in [0.25, 0.3) is 0 Å². The molecule has 148 valence electrons. The fourth-order valence-electron chi connectivity index (χ4n) is 5.58. The Morgan fingerprint density at radius 1 is 1.04 bits per heavy atom. The SMILES string of the molecule is COc1ccccc1CCCN1CC[C@H]2[C@@H](C1)c1cccc3c1N2CCN3C. The minimum atomic E-state index is 0.668. The molecule has 0 saturated carbocycles. The molecule has 0 bridgehead atoms. The first-order valence-corrected chi connectivity index (χ1v) is 10.7. The van der Waals surface area contributed by atoms with Gasteiger partial charge in [-0.2, -0.15) is 0 Å². The first kappa shape index (κ1) is 17.9. The van der Waals surface area contributed by atoms with Crippen LogP contribution in [0.3, 0.4) is 0 Å². The number of ether oxygens (including phenoxy) is 1. The van der Waals surface area contributed by atoms with Crippen LogP contribution >= 0.6 is 0 Å². The van der Waals surface area contributed by atoms with E-state index < -0.39 is 0 Å². The Morgan fingerprint density at radius 2 is 1.93 bits per heavy atom. The van der Waals surface area contributed by atoms with Gasteiger partial charge in [0.15, 0.2) is 0 Å². The predicted molar refractivity (Wildman–Crippen MR) is 116 cm³/mol. The zero-order valence-electron chi connectivity index (χ0n) is 17.1. The Bertz CT molecular complexity index is 851. The molecule has 2 aromatic rings. The van der Waals surface area contributed by atoms with Crippen LogP contribution in [-0.2, 0) is 6.42 Å². The number of para-hydroxylation sites is 2. The largest absolute Gasteiger partial charge is 0.496 e. The first-order valence-electron chi connectivity index (χ1n) is 10.7. The van der Waals surface area contributed by atoms with Crippen molar-refractivity contribution >= 4 is 11.4 Å². The lowest BCUT2D eigenvalue weighted by Gasteiger charge is -2.41. The van der Waals surface area contributed by atoms with Gasteiger partial charge in [-0.05, 0) is 49.1 Å². The molecule has 2 atom stereocenters. The normalized spacial score (nSPS) is 23.5. The van der Waals surface area contributed by atoms with E-state index in [0.29, 0.717) is 12.0 Å².